The fraction of sp³-hybridized carbons (Fsp3) is 0.714. The Morgan fingerprint density at radius 1 is 1.32 bits per heavy atom. The van der Waals surface area contributed by atoms with Crippen molar-refractivity contribution >= 4 is 11.7 Å². The molecule has 19 heavy (non-hydrogen) atoms. The standard InChI is InChI=1S/C14H22N4O/c15-13-7-9-17(16-13)10-14(19)18-8-3-6-12(18)11-4-1-2-5-11/h7,9,11-12H,1-6,8,10H2,(H2,15,16). The van der Waals surface area contributed by atoms with Gasteiger partial charge in [0.1, 0.15) is 12.4 Å². The van der Waals surface area contributed by atoms with Crippen molar-refractivity contribution in [3.63, 3.8) is 0 Å². The highest BCUT2D eigenvalue weighted by Crippen LogP contribution is 2.35. The average molecular weight is 262 g/mol. The molecule has 3 rings (SSSR count). The van der Waals surface area contributed by atoms with Crippen molar-refractivity contribution in [2.75, 3.05) is 12.3 Å². The summed E-state index contributed by atoms with van der Waals surface area (Å²) in [6.45, 7) is 1.23. The number of rotatable bonds is 3. The number of nitrogens with two attached hydrogens (primary N) is 1. The van der Waals surface area contributed by atoms with Crippen LogP contribution in [-0.4, -0.2) is 33.2 Å². The van der Waals surface area contributed by atoms with E-state index in [1.54, 1.807) is 16.9 Å². The molecule has 1 aromatic heterocycles. The first-order valence-electron chi connectivity index (χ1n) is 7.32. The molecule has 1 aliphatic carbocycles. The van der Waals surface area contributed by atoms with Gasteiger partial charge in [0.05, 0.1) is 0 Å². The number of carbonyl (C=O) groups is 1. The van der Waals surface area contributed by atoms with Gasteiger partial charge in [-0.15, -0.1) is 0 Å². The van der Waals surface area contributed by atoms with Gasteiger partial charge >= 0.3 is 0 Å². The lowest BCUT2D eigenvalue weighted by molar-refractivity contribution is -0.133. The van der Waals surface area contributed by atoms with Crippen LogP contribution in [0.4, 0.5) is 5.82 Å². The molecule has 1 atom stereocenters. The van der Waals surface area contributed by atoms with E-state index in [-0.39, 0.29) is 5.91 Å². The SMILES string of the molecule is Nc1ccn(CC(=O)N2CCCC2C2CCCC2)n1. The van der Waals surface area contributed by atoms with Gasteiger partial charge < -0.3 is 10.6 Å². The quantitative estimate of drug-likeness (QED) is 0.900. The predicted molar refractivity (Wildman–Crippen MR) is 73.3 cm³/mol. The van der Waals surface area contributed by atoms with Gasteiger partial charge in [0, 0.05) is 18.8 Å². The van der Waals surface area contributed by atoms with E-state index in [9.17, 15) is 4.79 Å². The first-order valence-corrected chi connectivity index (χ1v) is 7.32. The van der Waals surface area contributed by atoms with E-state index in [0.29, 0.717) is 18.4 Å². The third kappa shape index (κ3) is 2.60. The Balaban J connectivity index is 1.64. The molecular weight excluding hydrogens is 240 g/mol. The van der Waals surface area contributed by atoms with Gasteiger partial charge in [-0.2, -0.15) is 5.10 Å². The highest BCUT2D eigenvalue weighted by Gasteiger charge is 2.35. The lowest BCUT2D eigenvalue weighted by atomic mass is 9.96. The minimum Gasteiger partial charge on any atom is -0.382 e. The molecule has 2 aliphatic rings. The summed E-state index contributed by atoms with van der Waals surface area (Å²) < 4.78 is 1.64. The fourth-order valence-corrected chi connectivity index (χ4v) is 3.63. The molecule has 104 valence electrons. The van der Waals surface area contributed by atoms with Crippen LogP contribution in [0, 0.1) is 5.92 Å². The maximum atomic E-state index is 12.4. The number of nitrogen functional groups attached to an aromatic ring is 1. The molecule has 0 radical (unpaired) electrons. The predicted octanol–water partition coefficient (Wildman–Crippen LogP) is 1.65. The molecule has 1 unspecified atom stereocenters. The Hall–Kier alpha value is -1.52. The molecular formula is C14H22N4O. The summed E-state index contributed by atoms with van der Waals surface area (Å²) in [7, 11) is 0. The number of hydrogen-bond acceptors (Lipinski definition) is 3. The number of likely N-dealkylation sites (tertiary alicyclic amines) is 1. The number of anilines is 1. The van der Waals surface area contributed by atoms with Crippen LogP contribution in [-0.2, 0) is 11.3 Å². The Kier molecular flexibility index (Phi) is 3.44. The Morgan fingerprint density at radius 3 is 2.79 bits per heavy atom. The van der Waals surface area contributed by atoms with Crippen LogP contribution in [0.15, 0.2) is 12.3 Å². The van der Waals surface area contributed by atoms with Gasteiger partial charge in [-0.25, -0.2) is 0 Å². The van der Waals surface area contributed by atoms with Crippen LogP contribution in [0.1, 0.15) is 38.5 Å². The fourth-order valence-electron chi connectivity index (χ4n) is 3.63. The number of aromatic nitrogens is 2. The van der Waals surface area contributed by atoms with E-state index in [1.807, 2.05) is 0 Å². The second-order valence-corrected chi connectivity index (χ2v) is 5.78. The average Bonchev–Trinajstić information content (AvgIpc) is 3.07. The maximum absolute atomic E-state index is 12.4. The molecule has 2 N–H and O–H groups in total. The summed E-state index contributed by atoms with van der Waals surface area (Å²) in [6.07, 6.45) is 9.35. The van der Waals surface area contributed by atoms with Crippen LogP contribution >= 0.6 is 0 Å². The van der Waals surface area contributed by atoms with E-state index in [2.05, 4.69) is 10.00 Å². The van der Waals surface area contributed by atoms with E-state index in [4.69, 9.17) is 5.73 Å². The van der Waals surface area contributed by atoms with Crippen LogP contribution in [0.3, 0.4) is 0 Å². The lowest BCUT2D eigenvalue weighted by Crippen LogP contribution is -2.41. The maximum Gasteiger partial charge on any atom is 0.244 e. The van der Waals surface area contributed by atoms with Crippen LogP contribution in [0.2, 0.25) is 0 Å². The largest absolute Gasteiger partial charge is 0.382 e. The molecule has 5 nitrogen and oxygen atoms in total. The molecule has 0 aromatic carbocycles. The highest BCUT2D eigenvalue weighted by atomic mass is 16.2. The summed E-state index contributed by atoms with van der Waals surface area (Å²) in [4.78, 5) is 14.5. The number of amides is 1. The molecule has 1 aliphatic heterocycles. The third-order valence-corrected chi connectivity index (χ3v) is 4.52. The number of nitrogens with zero attached hydrogens (tertiary/aromatic N) is 3. The summed E-state index contributed by atoms with van der Waals surface area (Å²) in [5.74, 6) is 1.40. The number of hydrogen-bond donors (Lipinski definition) is 1. The van der Waals surface area contributed by atoms with E-state index < -0.39 is 0 Å². The van der Waals surface area contributed by atoms with Crippen LogP contribution in [0.5, 0.6) is 0 Å². The second kappa shape index (κ2) is 5.23. The van der Waals surface area contributed by atoms with Crippen molar-refractivity contribution in [1.29, 1.82) is 0 Å². The summed E-state index contributed by atoms with van der Waals surface area (Å²) in [5, 5.41) is 4.09. The van der Waals surface area contributed by atoms with E-state index in [0.717, 1.165) is 18.9 Å². The van der Waals surface area contributed by atoms with Gasteiger partial charge in [0.25, 0.3) is 0 Å². The molecule has 2 fully saturated rings. The minimum absolute atomic E-state index is 0.192. The topological polar surface area (TPSA) is 64.2 Å². The molecule has 0 bridgehead atoms. The van der Waals surface area contributed by atoms with Crippen molar-refractivity contribution < 1.29 is 4.79 Å². The van der Waals surface area contributed by atoms with Crippen LogP contribution in [0.25, 0.3) is 0 Å². The van der Waals surface area contributed by atoms with Crippen LogP contribution < -0.4 is 5.73 Å². The summed E-state index contributed by atoms with van der Waals surface area (Å²) in [5.41, 5.74) is 5.58. The molecule has 1 saturated carbocycles. The van der Waals surface area contributed by atoms with Gasteiger partial charge in [0.15, 0.2) is 0 Å². The normalized spacial score (nSPS) is 24.2. The highest BCUT2D eigenvalue weighted by molar-refractivity contribution is 5.76. The first-order chi connectivity index (χ1) is 9.24. The van der Waals surface area contributed by atoms with Gasteiger partial charge in [0.2, 0.25) is 5.91 Å². The molecule has 0 spiro atoms. The van der Waals surface area contributed by atoms with E-state index >= 15 is 0 Å². The Morgan fingerprint density at radius 2 is 2.11 bits per heavy atom. The third-order valence-electron chi connectivity index (χ3n) is 4.52. The zero-order chi connectivity index (χ0) is 13.2. The summed E-state index contributed by atoms with van der Waals surface area (Å²) in [6, 6.07) is 2.20. The van der Waals surface area contributed by atoms with Crippen molar-refractivity contribution in [1.82, 2.24) is 14.7 Å². The van der Waals surface area contributed by atoms with Crippen molar-refractivity contribution in [3.05, 3.63) is 12.3 Å². The van der Waals surface area contributed by atoms with Gasteiger partial charge in [-0.3, -0.25) is 9.48 Å². The Labute approximate surface area is 113 Å². The van der Waals surface area contributed by atoms with Gasteiger partial charge in [-0.1, -0.05) is 12.8 Å². The van der Waals surface area contributed by atoms with Crippen molar-refractivity contribution in [2.24, 2.45) is 5.92 Å². The Bertz CT molecular complexity index is 450. The summed E-state index contributed by atoms with van der Waals surface area (Å²) >= 11 is 0. The molecule has 2 heterocycles. The number of carbonyl (C=O) groups excluding carboxylic acids is 1. The van der Waals surface area contributed by atoms with Crippen molar-refractivity contribution in [3.8, 4) is 0 Å². The smallest absolute Gasteiger partial charge is 0.244 e. The first kappa shape index (κ1) is 12.5. The van der Waals surface area contributed by atoms with Gasteiger partial charge in [-0.05, 0) is 37.7 Å². The molecule has 1 amide bonds. The van der Waals surface area contributed by atoms with E-state index in [1.165, 1.54) is 32.1 Å². The zero-order valence-corrected chi connectivity index (χ0v) is 11.3. The molecule has 1 aromatic rings. The lowest BCUT2D eigenvalue weighted by Gasteiger charge is -2.29. The molecule has 1 saturated heterocycles. The molecule has 5 heteroatoms. The monoisotopic (exact) mass is 262 g/mol. The van der Waals surface area contributed by atoms with Crippen molar-refractivity contribution in [2.45, 2.75) is 51.1 Å². The zero-order valence-electron chi connectivity index (χ0n) is 11.3. The minimum atomic E-state index is 0.192. The second-order valence-electron chi connectivity index (χ2n) is 5.78.